The van der Waals surface area contributed by atoms with Gasteiger partial charge >= 0.3 is 0 Å². The van der Waals surface area contributed by atoms with Crippen LogP contribution >= 0.6 is 0 Å². The van der Waals surface area contributed by atoms with Crippen molar-refractivity contribution in [1.82, 2.24) is 24.9 Å². The van der Waals surface area contributed by atoms with Gasteiger partial charge in [0.15, 0.2) is 0 Å². The maximum atomic E-state index is 13.1. The maximum absolute atomic E-state index is 13.1. The van der Waals surface area contributed by atoms with E-state index in [1.54, 1.807) is 10.9 Å². The predicted molar refractivity (Wildman–Crippen MR) is 85.2 cm³/mol. The molecule has 0 radical (unpaired) electrons. The van der Waals surface area contributed by atoms with Gasteiger partial charge in [-0.3, -0.25) is 14.6 Å². The molecule has 0 aliphatic carbocycles. The van der Waals surface area contributed by atoms with Gasteiger partial charge < -0.3 is 9.64 Å². The normalized spacial score (nSPS) is 18.6. The molecule has 1 aliphatic heterocycles. The molecule has 1 atom stereocenters. The molecule has 3 rings (SSSR count). The minimum Gasteiger partial charge on any atom is -0.377 e. The largest absolute Gasteiger partial charge is 0.377 e. The molecule has 0 spiro atoms. The summed E-state index contributed by atoms with van der Waals surface area (Å²) in [5, 5.41) is 11.5. The molecule has 1 unspecified atom stereocenters. The van der Waals surface area contributed by atoms with Gasteiger partial charge in [0.2, 0.25) is 0 Å². The van der Waals surface area contributed by atoms with Crippen LogP contribution < -0.4 is 0 Å². The molecule has 7 nitrogen and oxygen atoms in total. The summed E-state index contributed by atoms with van der Waals surface area (Å²) in [5.74, 6) is 0.289. The zero-order valence-electron chi connectivity index (χ0n) is 13.8. The molecule has 124 valence electrons. The van der Waals surface area contributed by atoms with Crippen LogP contribution in [-0.2, 0) is 11.3 Å². The van der Waals surface area contributed by atoms with Crippen LogP contribution in [0.1, 0.15) is 54.6 Å². The van der Waals surface area contributed by atoms with Gasteiger partial charge in [-0.1, -0.05) is 13.8 Å². The lowest BCUT2D eigenvalue weighted by molar-refractivity contribution is -0.00453. The van der Waals surface area contributed by atoms with Gasteiger partial charge in [0.25, 0.3) is 5.91 Å². The number of amides is 1. The number of hydrogen-bond acceptors (Lipinski definition) is 4. The van der Waals surface area contributed by atoms with Crippen LogP contribution in [0.4, 0.5) is 0 Å². The molecule has 1 saturated heterocycles. The SMILES string of the molecule is CCn1nc(C(C)C)cc1C(=O)N1CCOCC1c1ccn[nH]1. The Balaban J connectivity index is 1.91. The zero-order chi connectivity index (χ0) is 16.4. The van der Waals surface area contributed by atoms with Crippen molar-refractivity contribution in [3.05, 3.63) is 35.4 Å². The molecule has 1 aliphatic rings. The van der Waals surface area contributed by atoms with E-state index >= 15 is 0 Å². The number of carbonyl (C=O) groups is 1. The van der Waals surface area contributed by atoms with Gasteiger partial charge in [-0.15, -0.1) is 0 Å². The highest BCUT2D eigenvalue weighted by Crippen LogP contribution is 2.25. The Hall–Kier alpha value is -2.15. The number of carbonyl (C=O) groups excluding carboxylic acids is 1. The van der Waals surface area contributed by atoms with Crippen LogP contribution in [0, 0.1) is 0 Å². The van der Waals surface area contributed by atoms with Crippen molar-refractivity contribution in [3.63, 3.8) is 0 Å². The first-order valence-corrected chi connectivity index (χ1v) is 8.07. The van der Waals surface area contributed by atoms with Gasteiger partial charge in [0.1, 0.15) is 5.69 Å². The summed E-state index contributed by atoms with van der Waals surface area (Å²) in [4.78, 5) is 14.9. The topological polar surface area (TPSA) is 76.0 Å². The molecule has 2 aromatic rings. The van der Waals surface area contributed by atoms with E-state index in [4.69, 9.17) is 4.74 Å². The third-order valence-electron chi connectivity index (χ3n) is 4.18. The van der Waals surface area contributed by atoms with Gasteiger partial charge in [0, 0.05) is 19.3 Å². The van der Waals surface area contributed by atoms with E-state index in [1.165, 1.54) is 0 Å². The fourth-order valence-corrected chi connectivity index (χ4v) is 2.84. The summed E-state index contributed by atoms with van der Waals surface area (Å²) >= 11 is 0. The fraction of sp³-hybridized carbons (Fsp3) is 0.562. The zero-order valence-corrected chi connectivity index (χ0v) is 13.8. The maximum Gasteiger partial charge on any atom is 0.272 e. The Morgan fingerprint density at radius 2 is 2.35 bits per heavy atom. The van der Waals surface area contributed by atoms with E-state index < -0.39 is 0 Å². The van der Waals surface area contributed by atoms with Crippen molar-refractivity contribution in [3.8, 4) is 0 Å². The molecule has 7 heteroatoms. The van der Waals surface area contributed by atoms with Crippen molar-refractivity contribution in [2.24, 2.45) is 0 Å². The van der Waals surface area contributed by atoms with Gasteiger partial charge in [-0.25, -0.2) is 0 Å². The van der Waals surface area contributed by atoms with Crippen molar-refractivity contribution in [2.75, 3.05) is 19.8 Å². The quantitative estimate of drug-likeness (QED) is 0.935. The Bertz CT molecular complexity index is 662. The number of H-pyrrole nitrogens is 1. The number of aromatic amines is 1. The number of hydrogen-bond donors (Lipinski definition) is 1. The van der Waals surface area contributed by atoms with E-state index in [0.29, 0.717) is 37.9 Å². The standard InChI is InChI=1S/C16H23N5O2/c1-4-21-14(9-13(19-21)11(2)3)16(22)20-7-8-23-10-15(20)12-5-6-17-18-12/h5-6,9,11,15H,4,7-8,10H2,1-3H3,(H,17,18). The van der Waals surface area contributed by atoms with Crippen LogP contribution in [0.25, 0.3) is 0 Å². The van der Waals surface area contributed by atoms with Crippen LogP contribution in [0.15, 0.2) is 18.3 Å². The second-order valence-electron chi connectivity index (χ2n) is 6.03. The van der Waals surface area contributed by atoms with Gasteiger partial charge in [-0.2, -0.15) is 10.2 Å². The smallest absolute Gasteiger partial charge is 0.272 e. The predicted octanol–water partition coefficient (Wildman–Crippen LogP) is 1.96. The Morgan fingerprint density at radius 3 is 3.00 bits per heavy atom. The first-order valence-electron chi connectivity index (χ1n) is 8.07. The summed E-state index contributed by atoms with van der Waals surface area (Å²) in [6, 6.07) is 3.66. The third-order valence-corrected chi connectivity index (χ3v) is 4.18. The number of rotatable bonds is 4. The minimum absolute atomic E-state index is 0.00542. The lowest BCUT2D eigenvalue weighted by atomic mass is 10.1. The number of nitrogens with zero attached hydrogens (tertiary/aromatic N) is 4. The monoisotopic (exact) mass is 317 g/mol. The van der Waals surface area contributed by atoms with Crippen molar-refractivity contribution in [1.29, 1.82) is 0 Å². The van der Waals surface area contributed by atoms with Crippen molar-refractivity contribution in [2.45, 2.75) is 39.3 Å². The van der Waals surface area contributed by atoms with E-state index in [0.717, 1.165) is 11.4 Å². The first kappa shape index (κ1) is 15.7. The van der Waals surface area contributed by atoms with E-state index in [-0.39, 0.29) is 11.9 Å². The number of aromatic nitrogens is 4. The van der Waals surface area contributed by atoms with E-state index in [2.05, 4.69) is 29.1 Å². The number of ether oxygens (including phenoxy) is 1. The summed E-state index contributed by atoms with van der Waals surface area (Å²) < 4.78 is 7.35. The molecule has 2 aromatic heterocycles. The first-order chi connectivity index (χ1) is 11.1. The van der Waals surface area contributed by atoms with Crippen LogP contribution in [0.5, 0.6) is 0 Å². The van der Waals surface area contributed by atoms with E-state index in [1.807, 2.05) is 24.0 Å². The molecule has 1 N–H and O–H groups in total. The summed E-state index contributed by atoms with van der Waals surface area (Å²) in [7, 11) is 0. The highest BCUT2D eigenvalue weighted by molar-refractivity contribution is 5.93. The van der Waals surface area contributed by atoms with Crippen LogP contribution in [0.2, 0.25) is 0 Å². The van der Waals surface area contributed by atoms with Crippen molar-refractivity contribution < 1.29 is 9.53 Å². The fourth-order valence-electron chi connectivity index (χ4n) is 2.84. The van der Waals surface area contributed by atoms with E-state index in [9.17, 15) is 4.79 Å². The van der Waals surface area contributed by atoms with Crippen LogP contribution in [0.3, 0.4) is 0 Å². The number of morpholine rings is 1. The molecule has 23 heavy (non-hydrogen) atoms. The van der Waals surface area contributed by atoms with Gasteiger partial charge in [0.05, 0.1) is 30.6 Å². The second kappa shape index (κ2) is 6.54. The molecular weight excluding hydrogens is 294 g/mol. The average Bonchev–Trinajstić information content (AvgIpc) is 3.23. The van der Waals surface area contributed by atoms with Crippen LogP contribution in [-0.4, -0.2) is 50.5 Å². The lowest BCUT2D eigenvalue weighted by Crippen LogP contribution is -2.44. The summed E-state index contributed by atoms with van der Waals surface area (Å²) in [6.07, 6.45) is 1.69. The number of aryl methyl sites for hydroxylation is 1. The molecule has 0 saturated carbocycles. The molecule has 0 aromatic carbocycles. The molecule has 1 fully saturated rings. The second-order valence-corrected chi connectivity index (χ2v) is 6.03. The molecule has 1 amide bonds. The van der Waals surface area contributed by atoms with Crippen molar-refractivity contribution >= 4 is 5.91 Å². The van der Waals surface area contributed by atoms with Gasteiger partial charge in [-0.05, 0) is 25.0 Å². The lowest BCUT2D eigenvalue weighted by Gasteiger charge is -2.34. The highest BCUT2D eigenvalue weighted by atomic mass is 16.5. The Labute approximate surface area is 135 Å². The highest BCUT2D eigenvalue weighted by Gasteiger charge is 2.32. The minimum atomic E-state index is -0.138. The number of nitrogens with one attached hydrogen (secondary N) is 1. The molecule has 0 bridgehead atoms. The average molecular weight is 317 g/mol. The molecular formula is C16H23N5O2. The third kappa shape index (κ3) is 3.01. The summed E-state index contributed by atoms with van der Waals surface area (Å²) in [6.45, 7) is 8.43. The molecule has 3 heterocycles. The summed E-state index contributed by atoms with van der Waals surface area (Å²) in [5.41, 5.74) is 2.48. The Kier molecular flexibility index (Phi) is 4.47. The Morgan fingerprint density at radius 1 is 1.52 bits per heavy atom.